The number of rotatable bonds is 3. The number of benzene rings is 1. The van der Waals surface area contributed by atoms with Gasteiger partial charge in [-0.15, -0.1) is 0 Å². The van der Waals surface area contributed by atoms with Crippen molar-refractivity contribution in [3.05, 3.63) is 39.0 Å². The zero-order valence-electron chi connectivity index (χ0n) is 9.96. The van der Waals surface area contributed by atoms with Gasteiger partial charge in [0.25, 0.3) is 0 Å². The van der Waals surface area contributed by atoms with Gasteiger partial charge in [0, 0.05) is 11.5 Å². The van der Waals surface area contributed by atoms with Gasteiger partial charge >= 0.3 is 0 Å². The van der Waals surface area contributed by atoms with Crippen molar-refractivity contribution in [2.75, 3.05) is 17.7 Å². The molecule has 0 spiro atoms. The van der Waals surface area contributed by atoms with Crippen LogP contribution in [0.25, 0.3) is 0 Å². The lowest BCUT2D eigenvalue weighted by Crippen LogP contribution is -2.01. The van der Waals surface area contributed by atoms with Crippen LogP contribution in [0.2, 0.25) is 0 Å². The topological polar surface area (TPSA) is 49.8 Å². The van der Waals surface area contributed by atoms with Crippen molar-refractivity contribution in [3.63, 3.8) is 0 Å². The van der Waals surface area contributed by atoms with Crippen LogP contribution >= 0.6 is 31.9 Å². The van der Waals surface area contributed by atoms with Crippen LogP contribution in [0.3, 0.4) is 0 Å². The van der Waals surface area contributed by atoms with E-state index in [0.717, 1.165) is 26.3 Å². The predicted octanol–water partition coefficient (Wildman–Crippen LogP) is 4.10. The molecule has 94 valence electrons. The summed E-state index contributed by atoms with van der Waals surface area (Å²) in [7, 11) is 1.82. The number of nitrogens with zero attached hydrogens (tertiary/aromatic N) is 2. The Balaban J connectivity index is 2.37. The van der Waals surface area contributed by atoms with Crippen LogP contribution in [0.5, 0.6) is 0 Å². The summed E-state index contributed by atoms with van der Waals surface area (Å²) in [5, 5.41) is 6.27. The average molecular weight is 372 g/mol. The molecule has 0 aliphatic carbocycles. The number of hydrogen-bond acceptors (Lipinski definition) is 4. The quantitative estimate of drug-likeness (QED) is 0.852. The SMILES string of the molecule is CNc1ncnc(Nc2cc(C)ccc2Br)c1Br. The Labute approximate surface area is 122 Å². The molecule has 0 saturated carbocycles. The number of aromatic nitrogens is 2. The highest BCUT2D eigenvalue weighted by molar-refractivity contribution is 9.11. The summed E-state index contributed by atoms with van der Waals surface area (Å²) in [6, 6.07) is 6.10. The van der Waals surface area contributed by atoms with Crippen molar-refractivity contribution in [2.45, 2.75) is 6.92 Å². The van der Waals surface area contributed by atoms with Gasteiger partial charge in [0.05, 0.1) is 5.69 Å². The predicted molar refractivity (Wildman–Crippen MR) is 81.4 cm³/mol. The lowest BCUT2D eigenvalue weighted by Gasteiger charge is -2.11. The minimum atomic E-state index is 0.723. The largest absolute Gasteiger partial charge is 0.372 e. The van der Waals surface area contributed by atoms with Crippen LogP contribution in [0.4, 0.5) is 17.3 Å². The summed E-state index contributed by atoms with van der Waals surface area (Å²) < 4.78 is 1.80. The molecule has 2 rings (SSSR count). The third kappa shape index (κ3) is 2.81. The fourth-order valence-electron chi connectivity index (χ4n) is 1.49. The van der Waals surface area contributed by atoms with Crippen LogP contribution in [0, 0.1) is 6.92 Å². The van der Waals surface area contributed by atoms with Gasteiger partial charge < -0.3 is 10.6 Å². The fourth-order valence-corrected chi connectivity index (χ4v) is 2.34. The first-order chi connectivity index (χ1) is 8.61. The third-order valence-electron chi connectivity index (χ3n) is 2.40. The Morgan fingerprint density at radius 1 is 1.11 bits per heavy atom. The Kier molecular flexibility index (Phi) is 4.19. The number of aryl methyl sites for hydroxylation is 1. The number of anilines is 3. The van der Waals surface area contributed by atoms with Gasteiger partial charge in [0.1, 0.15) is 22.4 Å². The van der Waals surface area contributed by atoms with Gasteiger partial charge in [0.2, 0.25) is 0 Å². The van der Waals surface area contributed by atoms with Gasteiger partial charge in [-0.1, -0.05) is 6.07 Å². The van der Waals surface area contributed by atoms with Crippen molar-refractivity contribution in [1.29, 1.82) is 0 Å². The monoisotopic (exact) mass is 370 g/mol. The summed E-state index contributed by atoms with van der Waals surface area (Å²) in [6.45, 7) is 2.05. The summed E-state index contributed by atoms with van der Waals surface area (Å²) >= 11 is 6.99. The van der Waals surface area contributed by atoms with Crippen LogP contribution in [0.15, 0.2) is 33.5 Å². The minimum Gasteiger partial charge on any atom is -0.372 e. The molecule has 2 N–H and O–H groups in total. The maximum Gasteiger partial charge on any atom is 0.150 e. The van der Waals surface area contributed by atoms with Gasteiger partial charge in [-0.2, -0.15) is 0 Å². The summed E-state index contributed by atoms with van der Waals surface area (Å²) in [6.07, 6.45) is 1.52. The maximum atomic E-state index is 4.22. The van der Waals surface area contributed by atoms with Crippen molar-refractivity contribution < 1.29 is 0 Å². The molecule has 0 aliphatic rings. The molecule has 0 unspecified atom stereocenters. The molecule has 1 heterocycles. The van der Waals surface area contributed by atoms with Gasteiger partial charge in [-0.05, 0) is 56.5 Å². The van der Waals surface area contributed by atoms with E-state index in [9.17, 15) is 0 Å². The van der Waals surface area contributed by atoms with Gasteiger partial charge in [-0.3, -0.25) is 0 Å². The van der Waals surface area contributed by atoms with Crippen LogP contribution in [0.1, 0.15) is 5.56 Å². The van der Waals surface area contributed by atoms with Crippen LogP contribution in [-0.2, 0) is 0 Å². The van der Waals surface area contributed by atoms with Crippen LogP contribution < -0.4 is 10.6 Å². The standard InChI is InChI=1S/C12H12Br2N4/c1-7-3-4-8(13)9(5-7)18-12-10(14)11(15-2)16-6-17-12/h3-6H,1-2H3,(H2,15,16,17,18). The molecule has 2 aromatic rings. The van der Waals surface area contributed by atoms with E-state index in [4.69, 9.17) is 0 Å². The van der Waals surface area contributed by atoms with Crippen LogP contribution in [-0.4, -0.2) is 17.0 Å². The van der Waals surface area contributed by atoms with E-state index < -0.39 is 0 Å². The third-order valence-corrected chi connectivity index (χ3v) is 3.84. The van der Waals surface area contributed by atoms with Crippen molar-refractivity contribution in [2.24, 2.45) is 0 Å². The summed E-state index contributed by atoms with van der Waals surface area (Å²) in [5.41, 5.74) is 2.15. The van der Waals surface area contributed by atoms with Gasteiger partial charge in [-0.25, -0.2) is 9.97 Å². The number of nitrogens with one attached hydrogen (secondary N) is 2. The fraction of sp³-hybridized carbons (Fsp3) is 0.167. The molecule has 1 aromatic heterocycles. The highest BCUT2D eigenvalue weighted by Gasteiger charge is 2.09. The zero-order chi connectivity index (χ0) is 13.1. The highest BCUT2D eigenvalue weighted by Crippen LogP contribution is 2.31. The Morgan fingerprint density at radius 2 is 1.83 bits per heavy atom. The second-order valence-corrected chi connectivity index (χ2v) is 5.39. The molecule has 6 heteroatoms. The second kappa shape index (κ2) is 5.67. The number of hydrogen-bond donors (Lipinski definition) is 2. The molecule has 0 amide bonds. The first kappa shape index (κ1) is 13.3. The van der Waals surface area contributed by atoms with E-state index >= 15 is 0 Å². The van der Waals surface area contributed by atoms with E-state index in [2.05, 4.69) is 58.5 Å². The van der Waals surface area contributed by atoms with Gasteiger partial charge in [0.15, 0.2) is 0 Å². The molecule has 0 atom stereocenters. The molecule has 0 fully saturated rings. The first-order valence-electron chi connectivity index (χ1n) is 5.33. The number of halogens is 2. The Hall–Kier alpha value is -1.14. The maximum absolute atomic E-state index is 4.22. The van der Waals surface area contributed by atoms with Crippen molar-refractivity contribution >= 4 is 49.2 Å². The smallest absolute Gasteiger partial charge is 0.150 e. The molecule has 18 heavy (non-hydrogen) atoms. The minimum absolute atomic E-state index is 0.723. The lowest BCUT2D eigenvalue weighted by molar-refractivity contribution is 1.14. The molecular weight excluding hydrogens is 360 g/mol. The summed E-state index contributed by atoms with van der Waals surface area (Å²) in [5.74, 6) is 1.47. The van der Waals surface area contributed by atoms with E-state index in [0.29, 0.717) is 0 Å². The zero-order valence-corrected chi connectivity index (χ0v) is 13.1. The first-order valence-corrected chi connectivity index (χ1v) is 6.92. The van der Waals surface area contributed by atoms with E-state index in [1.54, 1.807) is 0 Å². The van der Waals surface area contributed by atoms with E-state index in [1.165, 1.54) is 11.9 Å². The average Bonchev–Trinajstić information content (AvgIpc) is 2.36. The lowest BCUT2D eigenvalue weighted by atomic mass is 10.2. The second-order valence-electron chi connectivity index (χ2n) is 3.74. The normalized spacial score (nSPS) is 10.2. The van der Waals surface area contributed by atoms with Crippen molar-refractivity contribution in [3.8, 4) is 0 Å². The summed E-state index contributed by atoms with van der Waals surface area (Å²) in [4.78, 5) is 8.34. The molecule has 1 aromatic carbocycles. The highest BCUT2D eigenvalue weighted by atomic mass is 79.9. The Bertz CT molecular complexity index is 572. The van der Waals surface area contributed by atoms with Crippen molar-refractivity contribution in [1.82, 2.24) is 9.97 Å². The molecule has 0 saturated heterocycles. The molecule has 0 radical (unpaired) electrons. The molecule has 4 nitrogen and oxygen atoms in total. The molecule has 0 bridgehead atoms. The molecule has 0 aliphatic heterocycles. The van der Waals surface area contributed by atoms with E-state index in [1.807, 2.05) is 26.1 Å². The molecular formula is C12H12Br2N4. The Morgan fingerprint density at radius 3 is 2.56 bits per heavy atom. The van der Waals surface area contributed by atoms with E-state index in [-0.39, 0.29) is 0 Å².